The average molecular weight is 286 g/mol. The van der Waals surface area contributed by atoms with Crippen molar-refractivity contribution in [3.8, 4) is 11.3 Å². The molecule has 1 atom stereocenters. The molecule has 0 radical (unpaired) electrons. The zero-order chi connectivity index (χ0) is 14.2. The van der Waals surface area contributed by atoms with Gasteiger partial charge in [-0.1, -0.05) is 29.5 Å². The molecule has 0 spiro atoms. The van der Waals surface area contributed by atoms with Crippen LogP contribution in [0, 0.1) is 5.92 Å². The van der Waals surface area contributed by atoms with Gasteiger partial charge in [-0.05, 0) is 37.4 Å². The van der Waals surface area contributed by atoms with Gasteiger partial charge in [0.25, 0.3) is 0 Å². The predicted molar refractivity (Wildman–Crippen MR) is 78.5 cm³/mol. The zero-order valence-corrected chi connectivity index (χ0v) is 12.0. The molecule has 2 aromatic rings. The number of fused-ring (bicyclic) bond motifs is 3. The molecule has 0 saturated carbocycles. The molecule has 0 aliphatic carbocycles. The van der Waals surface area contributed by atoms with Crippen LogP contribution in [0.4, 0.5) is 4.39 Å². The Bertz CT molecular complexity index is 613. The van der Waals surface area contributed by atoms with E-state index in [4.69, 9.17) is 0 Å². The van der Waals surface area contributed by atoms with E-state index in [1.165, 1.54) is 25.9 Å². The number of piperidine rings is 3. The number of benzene rings is 1. The summed E-state index contributed by atoms with van der Waals surface area (Å²) in [6, 6.07) is 7.91. The summed E-state index contributed by atoms with van der Waals surface area (Å²) in [5.74, 6) is 0.735. The van der Waals surface area contributed by atoms with Crippen LogP contribution in [0.1, 0.15) is 24.4 Å². The van der Waals surface area contributed by atoms with Crippen molar-refractivity contribution in [1.29, 1.82) is 0 Å². The summed E-state index contributed by atoms with van der Waals surface area (Å²) < 4.78 is 14.6. The number of alkyl halides is 1. The molecule has 3 saturated heterocycles. The van der Waals surface area contributed by atoms with Gasteiger partial charge in [0.15, 0.2) is 0 Å². The Kier molecular flexibility index (Phi) is 3.22. The second-order valence-electron chi connectivity index (χ2n) is 6.12. The number of hydrogen-bond acceptors (Lipinski definition) is 3. The topological polar surface area (TPSA) is 34.0 Å². The van der Waals surface area contributed by atoms with Crippen LogP contribution in [0.5, 0.6) is 0 Å². The monoisotopic (exact) mass is 286 g/mol. The van der Waals surface area contributed by atoms with Crippen molar-refractivity contribution in [1.82, 2.24) is 19.9 Å². The molecule has 0 amide bonds. The standard InChI is InChI=1S/C16H19FN4/c17-9-12-1-3-13(4-2-12)15-10-21(19-18-15)16-11-20-7-5-14(16)6-8-20/h1-4,10,14,16H,5-9,11H2. The quantitative estimate of drug-likeness (QED) is 0.870. The number of halogens is 1. The van der Waals surface area contributed by atoms with Crippen molar-refractivity contribution in [2.45, 2.75) is 25.6 Å². The first-order valence-electron chi connectivity index (χ1n) is 7.63. The van der Waals surface area contributed by atoms with E-state index in [2.05, 4.69) is 15.2 Å². The average Bonchev–Trinajstić information content (AvgIpc) is 3.06. The summed E-state index contributed by atoms with van der Waals surface area (Å²) in [7, 11) is 0. The van der Waals surface area contributed by atoms with Crippen LogP contribution < -0.4 is 0 Å². The van der Waals surface area contributed by atoms with Crippen LogP contribution in [0.25, 0.3) is 11.3 Å². The van der Waals surface area contributed by atoms with Gasteiger partial charge in [0, 0.05) is 12.1 Å². The maximum atomic E-state index is 12.6. The lowest BCUT2D eigenvalue weighted by molar-refractivity contribution is 0.0504. The zero-order valence-electron chi connectivity index (χ0n) is 12.0. The fourth-order valence-electron chi connectivity index (χ4n) is 3.57. The van der Waals surface area contributed by atoms with E-state index in [9.17, 15) is 4.39 Å². The van der Waals surface area contributed by atoms with E-state index < -0.39 is 6.67 Å². The van der Waals surface area contributed by atoms with Crippen molar-refractivity contribution in [3.05, 3.63) is 36.0 Å². The van der Waals surface area contributed by atoms with Crippen molar-refractivity contribution < 1.29 is 4.39 Å². The summed E-state index contributed by atoms with van der Waals surface area (Å²) in [6.07, 6.45) is 4.58. The van der Waals surface area contributed by atoms with Gasteiger partial charge >= 0.3 is 0 Å². The largest absolute Gasteiger partial charge is 0.301 e. The van der Waals surface area contributed by atoms with E-state index in [1.54, 1.807) is 0 Å². The molecule has 3 aliphatic rings. The van der Waals surface area contributed by atoms with Gasteiger partial charge in [-0.2, -0.15) is 0 Å². The summed E-state index contributed by atoms with van der Waals surface area (Å²) >= 11 is 0. The first-order valence-corrected chi connectivity index (χ1v) is 7.63. The lowest BCUT2D eigenvalue weighted by atomic mass is 9.84. The van der Waals surface area contributed by atoms with Crippen LogP contribution in [-0.4, -0.2) is 39.5 Å². The normalized spacial score (nSPS) is 28.0. The molecule has 2 bridgehead atoms. The highest BCUT2D eigenvalue weighted by Crippen LogP contribution is 2.35. The highest BCUT2D eigenvalue weighted by Gasteiger charge is 2.35. The molecule has 3 aliphatic heterocycles. The minimum absolute atomic E-state index is 0.424. The molecule has 0 N–H and O–H groups in total. The first-order chi connectivity index (χ1) is 10.3. The van der Waals surface area contributed by atoms with Gasteiger partial charge in [0.1, 0.15) is 12.4 Å². The Balaban J connectivity index is 1.57. The predicted octanol–water partition coefficient (Wildman–Crippen LogP) is 2.68. The van der Waals surface area contributed by atoms with Gasteiger partial charge < -0.3 is 4.90 Å². The van der Waals surface area contributed by atoms with E-state index >= 15 is 0 Å². The second kappa shape index (κ2) is 5.22. The highest BCUT2D eigenvalue weighted by molar-refractivity contribution is 5.57. The van der Waals surface area contributed by atoms with Gasteiger partial charge in [0.05, 0.1) is 12.2 Å². The number of rotatable bonds is 3. The van der Waals surface area contributed by atoms with Gasteiger partial charge in [-0.15, -0.1) is 5.10 Å². The van der Waals surface area contributed by atoms with Crippen molar-refractivity contribution in [2.75, 3.05) is 19.6 Å². The van der Waals surface area contributed by atoms with E-state index in [1.807, 2.05) is 35.1 Å². The SMILES string of the molecule is FCc1ccc(-c2cn(C3CN4CCC3CC4)nn2)cc1. The lowest BCUT2D eigenvalue weighted by Crippen LogP contribution is -2.48. The number of hydrogen-bond donors (Lipinski definition) is 0. The van der Waals surface area contributed by atoms with E-state index in [0.29, 0.717) is 11.6 Å². The van der Waals surface area contributed by atoms with E-state index in [-0.39, 0.29) is 0 Å². The van der Waals surface area contributed by atoms with Gasteiger partial charge in [-0.25, -0.2) is 9.07 Å². The van der Waals surface area contributed by atoms with Crippen LogP contribution in [0.2, 0.25) is 0 Å². The fourth-order valence-corrected chi connectivity index (χ4v) is 3.57. The molecule has 4 heterocycles. The minimum Gasteiger partial charge on any atom is -0.301 e. The van der Waals surface area contributed by atoms with Crippen molar-refractivity contribution in [2.24, 2.45) is 5.92 Å². The molecule has 1 aromatic heterocycles. The van der Waals surface area contributed by atoms with Crippen LogP contribution in [-0.2, 0) is 6.67 Å². The number of nitrogens with zero attached hydrogens (tertiary/aromatic N) is 4. The lowest BCUT2D eigenvalue weighted by Gasteiger charge is -2.44. The first kappa shape index (κ1) is 13.0. The molecule has 5 rings (SSSR count). The maximum Gasteiger partial charge on any atom is 0.115 e. The summed E-state index contributed by atoms with van der Waals surface area (Å²) in [4.78, 5) is 2.52. The summed E-state index contributed by atoms with van der Waals surface area (Å²) in [5, 5.41) is 8.64. The summed E-state index contributed by atoms with van der Waals surface area (Å²) in [6.45, 7) is 3.13. The second-order valence-corrected chi connectivity index (χ2v) is 6.12. The van der Waals surface area contributed by atoms with Crippen molar-refractivity contribution >= 4 is 0 Å². The summed E-state index contributed by atoms with van der Waals surface area (Å²) in [5.41, 5.74) is 2.57. The maximum absolute atomic E-state index is 12.6. The minimum atomic E-state index is -0.424. The Morgan fingerprint density at radius 3 is 2.52 bits per heavy atom. The van der Waals surface area contributed by atoms with E-state index in [0.717, 1.165) is 23.7 Å². The molecular weight excluding hydrogens is 267 g/mol. The smallest absolute Gasteiger partial charge is 0.115 e. The molecule has 3 fully saturated rings. The molecule has 4 nitrogen and oxygen atoms in total. The van der Waals surface area contributed by atoms with Crippen LogP contribution >= 0.6 is 0 Å². The Labute approximate surface area is 123 Å². The van der Waals surface area contributed by atoms with Gasteiger partial charge in [0.2, 0.25) is 0 Å². The Morgan fingerprint density at radius 2 is 1.90 bits per heavy atom. The molecule has 21 heavy (non-hydrogen) atoms. The molecule has 1 aromatic carbocycles. The Morgan fingerprint density at radius 1 is 1.14 bits per heavy atom. The third-order valence-electron chi connectivity index (χ3n) is 4.88. The van der Waals surface area contributed by atoms with Gasteiger partial charge in [-0.3, -0.25) is 0 Å². The molecule has 110 valence electrons. The fraction of sp³-hybridized carbons (Fsp3) is 0.500. The van der Waals surface area contributed by atoms with Crippen molar-refractivity contribution in [3.63, 3.8) is 0 Å². The van der Waals surface area contributed by atoms with Crippen LogP contribution in [0.15, 0.2) is 30.5 Å². The molecule has 1 unspecified atom stereocenters. The third-order valence-corrected chi connectivity index (χ3v) is 4.88. The Hall–Kier alpha value is -1.75. The third kappa shape index (κ3) is 2.35. The van der Waals surface area contributed by atoms with Crippen LogP contribution in [0.3, 0.4) is 0 Å². The highest BCUT2D eigenvalue weighted by atomic mass is 19.1. The molecule has 5 heteroatoms. The molecular formula is C16H19FN4. The number of aromatic nitrogens is 3.